The Balaban J connectivity index is 3.32. The predicted octanol–water partition coefficient (Wildman–Crippen LogP) is 2.32. The predicted molar refractivity (Wildman–Crippen MR) is 60.3 cm³/mol. The standard InChI is InChI=1S/C12H16O5/c1-4-7(13)9-10(11(14)16-6-3)8(5-2)17-12(9)15/h15H,4-6H2,1-3H3. The van der Waals surface area contributed by atoms with E-state index in [2.05, 4.69) is 0 Å². The van der Waals surface area contributed by atoms with Gasteiger partial charge in [0.1, 0.15) is 16.9 Å². The average Bonchev–Trinajstić information content (AvgIpc) is 2.65. The van der Waals surface area contributed by atoms with Crippen molar-refractivity contribution in [2.45, 2.75) is 33.6 Å². The van der Waals surface area contributed by atoms with Crippen LogP contribution in [0.15, 0.2) is 4.42 Å². The molecule has 1 heterocycles. The van der Waals surface area contributed by atoms with Gasteiger partial charge in [-0.1, -0.05) is 13.8 Å². The van der Waals surface area contributed by atoms with Gasteiger partial charge in [0.05, 0.1) is 6.61 Å². The first-order valence-corrected chi connectivity index (χ1v) is 5.61. The lowest BCUT2D eigenvalue weighted by Gasteiger charge is -2.02. The van der Waals surface area contributed by atoms with E-state index in [-0.39, 0.29) is 35.7 Å². The molecule has 5 nitrogen and oxygen atoms in total. The fourth-order valence-electron chi connectivity index (χ4n) is 1.57. The van der Waals surface area contributed by atoms with E-state index in [1.807, 2.05) is 0 Å². The molecule has 0 radical (unpaired) electrons. The maximum absolute atomic E-state index is 11.7. The van der Waals surface area contributed by atoms with E-state index in [1.54, 1.807) is 20.8 Å². The second-order valence-corrected chi connectivity index (χ2v) is 3.43. The largest absolute Gasteiger partial charge is 0.480 e. The molecule has 5 heteroatoms. The molecule has 0 aliphatic heterocycles. The molecular weight excluding hydrogens is 224 g/mol. The minimum Gasteiger partial charge on any atom is -0.480 e. The molecule has 1 rings (SSSR count). The summed E-state index contributed by atoms with van der Waals surface area (Å²) in [6.07, 6.45) is 0.585. The average molecular weight is 240 g/mol. The highest BCUT2D eigenvalue weighted by Gasteiger charge is 2.29. The molecule has 1 aromatic heterocycles. The number of Topliss-reactive ketones (excluding diaryl/α,β-unsaturated/α-hetero) is 1. The summed E-state index contributed by atoms with van der Waals surface area (Å²) in [6, 6.07) is 0. The Morgan fingerprint density at radius 2 is 1.88 bits per heavy atom. The highest BCUT2D eigenvalue weighted by Crippen LogP contribution is 2.30. The van der Waals surface area contributed by atoms with Crippen molar-refractivity contribution in [2.75, 3.05) is 6.61 Å². The maximum Gasteiger partial charge on any atom is 0.342 e. The van der Waals surface area contributed by atoms with Gasteiger partial charge in [-0.15, -0.1) is 0 Å². The lowest BCUT2D eigenvalue weighted by molar-refractivity contribution is 0.0521. The summed E-state index contributed by atoms with van der Waals surface area (Å²) in [5, 5.41) is 9.57. The number of ketones is 1. The van der Waals surface area contributed by atoms with Crippen LogP contribution >= 0.6 is 0 Å². The lowest BCUT2D eigenvalue weighted by Crippen LogP contribution is -2.11. The minimum absolute atomic E-state index is 0.0544. The van der Waals surface area contributed by atoms with Crippen LogP contribution in [0.5, 0.6) is 5.95 Å². The Kier molecular flexibility index (Phi) is 4.31. The zero-order valence-electron chi connectivity index (χ0n) is 10.2. The first kappa shape index (κ1) is 13.3. The molecule has 0 unspecified atom stereocenters. The van der Waals surface area contributed by atoms with Crippen molar-refractivity contribution in [2.24, 2.45) is 0 Å². The lowest BCUT2D eigenvalue weighted by atomic mass is 10.0. The van der Waals surface area contributed by atoms with Crippen molar-refractivity contribution in [3.63, 3.8) is 0 Å². The van der Waals surface area contributed by atoms with Gasteiger partial charge in [0.2, 0.25) is 0 Å². The summed E-state index contributed by atoms with van der Waals surface area (Å²) in [6.45, 7) is 5.29. The zero-order chi connectivity index (χ0) is 13.0. The Morgan fingerprint density at radius 1 is 1.24 bits per heavy atom. The smallest absolute Gasteiger partial charge is 0.342 e. The van der Waals surface area contributed by atoms with Crippen LogP contribution in [0.2, 0.25) is 0 Å². The summed E-state index contributed by atoms with van der Waals surface area (Å²) in [5.74, 6) is -1.20. The molecule has 0 bridgehead atoms. The molecule has 94 valence electrons. The molecule has 0 amide bonds. The number of furan rings is 1. The molecule has 0 spiro atoms. The van der Waals surface area contributed by atoms with E-state index in [1.165, 1.54) is 0 Å². The number of ether oxygens (including phenoxy) is 1. The van der Waals surface area contributed by atoms with Gasteiger partial charge in [0.25, 0.3) is 5.95 Å². The molecule has 0 aliphatic carbocycles. The fraction of sp³-hybridized carbons (Fsp3) is 0.500. The number of esters is 1. The van der Waals surface area contributed by atoms with Gasteiger partial charge in [-0.3, -0.25) is 4.79 Å². The third-order valence-electron chi connectivity index (χ3n) is 2.36. The number of hydrogen-bond donors (Lipinski definition) is 1. The third-order valence-corrected chi connectivity index (χ3v) is 2.36. The van der Waals surface area contributed by atoms with E-state index < -0.39 is 11.9 Å². The molecule has 0 aliphatic rings. The van der Waals surface area contributed by atoms with Gasteiger partial charge in [-0.25, -0.2) is 4.79 Å². The van der Waals surface area contributed by atoms with Crippen LogP contribution in [0.3, 0.4) is 0 Å². The third kappa shape index (κ3) is 2.49. The zero-order valence-corrected chi connectivity index (χ0v) is 10.2. The minimum atomic E-state index is -0.634. The second-order valence-electron chi connectivity index (χ2n) is 3.43. The number of hydrogen-bond acceptors (Lipinski definition) is 5. The van der Waals surface area contributed by atoms with Gasteiger partial charge in [0.15, 0.2) is 5.78 Å². The monoisotopic (exact) mass is 240 g/mol. The van der Waals surface area contributed by atoms with Crippen LogP contribution in [-0.4, -0.2) is 23.5 Å². The molecule has 0 saturated carbocycles. The highest BCUT2D eigenvalue weighted by atomic mass is 16.5. The molecule has 0 aromatic carbocycles. The normalized spacial score (nSPS) is 10.3. The first-order chi connectivity index (χ1) is 8.06. The first-order valence-electron chi connectivity index (χ1n) is 5.61. The van der Waals surface area contributed by atoms with Crippen LogP contribution in [-0.2, 0) is 11.2 Å². The summed E-state index contributed by atoms with van der Waals surface area (Å²) < 4.78 is 9.88. The molecule has 1 N–H and O–H groups in total. The van der Waals surface area contributed by atoms with Crippen molar-refractivity contribution >= 4 is 11.8 Å². The summed E-state index contributed by atoms with van der Waals surface area (Å²) in [5.41, 5.74) is -0.0125. The number of carbonyl (C=O) groups excluding carboxylic acids is 2. The number of carbonyl (C=O) groups is 2. The van der Waals surface area contributed by atoms with E-state index in [0.717, 1.165) is 0 Å². The van der Waals surface area contributed by atoms with Crippen LogP contribution in [0.25, 0.3) is 0 Å². The summed E-state index contributed by atoms with van der Waals surface area (Å²) >= 11 is 0. The van der Waals surface area contributed by atoms with E-state index in [4.69, 9.17) is 9.15 Å². The van der Waals surface area contributed by atoms with Gasteiger partial charge in [-0.05, 0) is 6.92 Å². The number of aromatic hydroxyl groups is 1. The number of rotatable bonds is 5. The van der Waals surface area contributed by atoms with E-state index in [9.17, 15) is 14.7 Å². The number of aryl methyl sites for hydroxylation is 1. The molecular formula is C12H16O5. The van der Waals surface area contributed by atoms with Crippen LogP contribution in [0.1, 0.15) is 53.7 Å². The molecule has 0 saturated heterocycles. The van der Waals surface area contributed by atoms with Crippen molar-refractivity contribution in [1.29, 1.82) is 0 Å². The van der Waals surface area contributed by atoms with Crippen LogP contribution < -0.4 is 0 Å². The topological polar surface area (TPSA) is 76.7 Å². The van der Waals surface area contributed by atoms with E-state index >= 15 is 0 Å². The summed E-state index contributed by atoms with van der Waals surface area (Å²) in [7, 11) is 0. The van der Waals surface area contributed by atoms with Gasteiger partial charge < -0.3 is 14.3 Å². The summed E-state index contributed by atoms with van der Waals surface area (Å²) in [4.78, 5) is 23.4. The van der Waals surface area contributed by atoms with Gasteiger partial charge >= 0.3 is 5.97 Å². The molecule has 17 heavy (non-hydrogen) atoms. The Bertz CT molecular complexity index is 430. The van der Waals surface area contributed by atoms with Crippen molar-refractivity contribution in [3.8, 4) is 5.95 Å². The van der Waals surface area contributed by atoms with Gasteiger partial charge in [0, 0.05) is 12.8 Å². The van der Waals surface area contributed by atoms with E-state index in [0.29, 0.717) is 6.42 Å². The quantitative estimate of drug-likeness (QED) is 0.631. The van der Waals surface area contributed by atoms with Crippen molar-refractivity contribution < 1.29 is 23.8 Å². The Hall–Kier alpha value is -1.78. The fourth-order valence-corrected chi connectivity index (χ4v) is 1.57. The SMILES string of the molecule is CCOC(=O)c1c(CC)oc(O)c1C(=O)CC. The Morgan fingerprint density at radius 3 is 2.35 bits per heavy atom. The molecule has 1 aromatic rings. The van der Waals surface area contributed by atoms with Crippen molar-refractivity contribution in [3.05, 3.63) is 16.9 Å². The maximum atomic E-state index is 11.7. The van der Waals surface area contributed by atoms with Crippen LogP contribution in [0, 0.1) is 0 Å². The second kappa shape index (κ2) is 5.52. The Labute approximate surface area is 99.4 Å². The van der Waals surface area contributed by atoms with Crippen molar-refractivity contribution in [1.82, 2.24) is 0 Å². The van der Waals surface area contributed by atoms with Crippen LogP contribution in [0.4, 0.5) is 0 Å². The molecule has 0 fully saturated rings. The highest BCUT2D eigenvalue weighted by molar-refractivity contribution is 6.08. The molecule has 0 atom stereocenters. The van der Waals surface area contributed by atoms with Gasteiger partial charge in [-0.2, -0.15) is 0 Å².